The van der Waals surface area contributed by atoms with Crippen LogP contribution in [0.15, 0.2) is 12.4 Å². The van der Waals surface area contributed by atoms with E-state index in [1.54, 1.807) is 0 Å². The lowest BCUT2D eigenvalue weighted by Crippen LogP contribution is -2.41. The van der Waals surface area contributed by atoms with Crippen molar-refractivity contribution in [1.29, 1.82) is 0 Å². The van der Waals surface area contributed by atoms with E-state index in [1.165, 1.54) is 19.3 Å². The van der Waals surface area contributed by atoms with Crippen LogP contribution in [0, 0.1) is 5.92 Å². The van der Waals surface area contributed by atoms with E-state index in [0.29, 0.717) is 0 Å². The van der Waals surface area contributed by atoms with E-state index in [0.717, 1.165) is 17.9 Å². The number of hydrogen-bond donors (Lipinski definition) is 0. The van der Waals surface area contributed by atoms with Crippen LogP contribution in [0.2, 0.25) is 0 Å². The molecule has 2 aliphatic rings. The minimum Gasteiger partial charge on any atom is -0.399 e. The lowest BCUT2D eigenvalue weighted by atomic mass is 9.82. The molecule has 1 saturated heterocycles. The first-order valence-electron chi connectivity index (χ1n) is 7.25. The van der Waals surface area contributed by atoms with Crippen molar-refractivity contribution in [3.63, 3.8) is 0 Å². The largest absolute Gasteiger partial charge is 0.498 e. The zero-order chi connectivity index (χ0) is 13.7. The first-order chi connectivity index (χ1) is 8.87. The maximum Gasteiger partial charge on any atom is 0.498 e. The third-order valence-electron chi connectivity index (χ3n) is 4.64. The first kappa shape index (κ1) is 13.2. The number of nitrogens with zero attached hydrogens (tertiary/aromatic N) is 2. The van der Waals surface area contributed by atoms with Gasteiger partial charge in [-0.25, -0.2) is 0 Å². The molecule has 104 valence electrons. The van der Waals surface area contributed by atoms with Crippen molar-refractivity contribution in [2.24, 2.45) is 5.92 Å². The molecule has 1 aromatic rings. The summed E-state index contributed by atoms with van der Waals surface area (Å²) >= 11 is 0. The molecule has 1 saturated carbocycles. The number of hydrogen-bond acceptors (Lipinski definition) is 3. The molecule has 0 unspecified atom stereocenters. The zero-order valence-electron chi connectivity index (χ0n) is 12.3. The van der Waals surface area contributed by atoms with Gasteiger partial charge in [-0.1, -0.05) is 12.8 Å². The summed E-state index contributed by atoms with van der Waals surface area (Å²) in [4.78, 5) is 0. The third kappa shape index (κ3) is 2.58. The molecule has 1 aliphatic heterocycles. The van der Waals surface area contributed by atoms with Gasteiger partial charge in [-0.2, -0.15) is 5.10 Å². The Morgan fingerprint density at radius 2 is 1.89 bits per heavy atom. The Hall–Kier alpha value is -0.805. The molecule has 19 heavy (non-hydrogen) atoms. The van der Waals surface area contributed by atoms with Crippen LogP contribution in [-0.2, 0) is 15.9 Å². The van der Waals surface area contributed by atoms with Crippen molar-refractivity contribution in [3.8, 4) is 0 Å². The van der Waals surface area contributed by atoms with Gasteiger partial charge in [-0.3, -0.25) is 4.68 Å². The van der Waals surface area contributed by atoms with Crippen LogP contribution >= 0.6 is 0 Å². The summed E-state index contributed by atoms with van der Waals surface area (Å²) in [6, 6.07) is 0. The molecule has 0 N–H and O–H groups in total. The Morgan fingerprint density at radius 1 is 1.26 bits per heavy atom. The summed E-state index contributed by atoms with van der Waals surface area (Å²) in [6.07, 6.45) is 7.96. The second-order valence-electron chi connectivity index (χ2n) is 6.86. The van der Waals surface area contributed by atoms with Gasteiger partial charge in [-0.15, -0.1) is 0 Å². The van der Waals surface area contributed by atoms with E-state index in [-0.39, 0.29) is 18.3 Å². The van der Waals surface area contributed by atoms with E-state index >= 15 is 0 Å². The zero-order valence-corrected chi connectivity index (χ0v) is 12.3. The molecule has 0 aromatic carbocycles. The molecule has 2 heterocycles. The average molecular weight is 262 g/mol. The Morgan fingerprint density at radius 3 is 2.47 bits per heavy atom. The van der Waals surface area contributed by atoms with E-state index in [4.69, 9.17) is 9.31 Å². The Bertz CT molecular complexity index is 450. The highest BCUT2D eigenvalue weighted by Gasteiger charge is 2.52. The molecular weight excluding hydrogens is 239 g/mol. The summed E-state index contributed by atoms with van der Waals surface area (Å²) in [5.41, 5.74) is 0.455. The highest BCUT2D eigenvalue weighted by atomic mass is 16.7. The second kappa shape index (κ2) is 4.35. The van der Waals surface area contributed by atoms with Crippen molar-refractivity contribution in [2.75, 3.05) is 0 Å². The van der Waals surface area contributed by atoms with Crippen molar-refractivity contribution in [2.45, 2.75) is 64.7 Å². The summed E-state index contributed by atoms with van der Waals surface area (Å²) in [6.45, 7) is 9.30. The highest BCUT2D eigenvalue weighted by Crippen LogP contribution is 2.36. The molecule has 1 aromatic heterocycles. The molecule has 1 aliphatic carbocycles. The molecule has 3 rings (SSSR count). The van der Waals surface area contributed by atoms with Gasteiger partial charge in [0.2, 0.25) is 0 Å². The Balaban J connectivity index is 1.66. The predicted octanol–water partition coefficient (Wildman–Crippen LogP) is 1.98. The normalized spacial score (nSPS) is 24.9. The number of aromatic nitrogens is 2. The SMILES string of the molecule is CC1(C)OB(c2cnn(CCC3CC3)c2)OC1(C)C. The van der Waals surface area contributed by atoms with Gasteiger partial charge < -0.3 is 9.31 Å². The predicted molar refractivity (Wildman–Crippen MR) is 75.3 cm³/mol. The minimum atomic E-state index is -0.292. The summed E-state index contributed by atoms with van der Waals surface area (Å²) in [7, 11) is -0.292. The molecule has 0 bridgehead atoms. The fourth-order valence-electron chi connectivity index (χ4n) is 2.32. The van der Waals surface area contributed by atoms with Crippen LogP contribution in [0.5, 0.6) is 0 Å². The smallest absolute Gasteiger partial charge is 0.399 e. The van der Waals surface area contributed by atoms with Gasteiger partial charge in [-0.05, 0) is 40.0 Å². The molecule has 0 atom stereocenters. The number of aryl methyl sites for hydroxylation is 1. The van der Waals surface area contributed by atoms with Crippen LogP contribution in [0.4, 0.5) is 0 Å². The van der Waals surface area contributed by atoms with Crippen molar-refractivity contribution < 1.29 is 9.31 Å². The van der Waals surface area contributed by atoms with E-state index in [2.05, 4.69) is 39.0 Å². The maximum atomic E-state index is 6.03. The van der Waals surface area contributed by atoms with Crippen LogP contribution < -0.4 is 5.46 Å². The first-order valence-corrected chi connectivity index (χ1v) is 7.25. The minimum absolute atomic E-state index is 0.284. The van der Waals surface area contributed by atoms with E-state index in [1.807, 2.05) is 10.9 Å². The van der Waals surface area contributed by atoms with Gasteiger partial charge >= 0.3 is 7.12 Å². The third-order valence-corrected chi connectivity index (χ3v) is 4.64. The molecule has 0 spiro atoms. The topological polar surface area (TPSA) is 36.3 Å². The van der Waals surface area contributed by atoms with Crippen molar-refractivity contribution in [3.05, 3.63) is 12.4 Å². The average Bonchev–Trinajstić information content (AvgIpc) is 2.96. The van der Waals surface area contributed by atoms with E-state index in [9.17, 15) is 0 Å². The molecule has 2 fully saturated rings. The van der Waals surface area contributed by atoms with Gasteiger partial charge in [0.05, 0.1) is 11.2 Å². The molecular formula is C14H23BN2O2. The second-order valence-corrected chi connectivity index (χ2v) is 6.86. The Kier molecular flexibility index (Phi) is 3.02. The van der Waals surface area contributed by atoms with E-state index < -0.39 is 0 Å². The summed E-state index contributed by atoms with van der Waals surface area (Å²) in [5, 5.41) is 4.41. The van der Waals surface area contributed by atoms with Gasteiger partial charge in [0, 0.05) is 24.4 Å². The van der Waals surface area contributed by atoms with Gasteiger partial charge in [0.1, 0.15) is 0 Å². The summed E-state index contributed by atoms with van der Waals surface area (Å²) < 4.78 is 14.1. The number of rotatable bonds is 4. The Labute approximate surface area is 115 Å². The monoisotopic (exact) mass is 262 g/mol. The van der Waals surface area contributed by atoms with Crippen LogP contribution in [0.25, 0.3) is 0 Å². The lowest BCUT2D eigenvalue weighted by molar-refractivity contribution is 0.00578. The fourth-order valence-corrected chi connectivity index (χ4v) is 2.32. The van der Waals surface area contributed by atoms with Gasteiger partial charge in [0.15, 0.2) is 0 Å². The summed E-state index contributed by atoms with van der Waals surface area (Å²) in [5.74, 6) is 0.935. The fraction of sp³-hybridized carbons (Fsp3) is 0.786. The standard InChI is InChI=1S/C14H23BN2O2/c1-13(2)14(3,4)19-15(18-13)12-9-16-17(10-12)8-7-11-5-6-11/h9-11H,5-8H2,1-4H3. The molecule has 4 nitrogen and oxygen atoms in total. The molecule has 0 amide bonds. The van der Waals surface area contributed by atoms with Crippen LogP contribution in [0.3, 0.4) is 0 Å². The molecule has 5 heteroatoms. The van der Waals surface area contributed by atoms with Crippen molar-refractivity contribution >= 4 is 12.6 Å². The van der Waals surface area contributed by atoms with Gasteiger partial charge in [0.25, 0.3) is 0 Å². The quantitative estimate of drug-likeness (QED) is 0.778. The highest BCUT2D eigenvalue weighted by molar-refractivity contribution is 6.61. The van der Waals surface area contributed by atoms with Crippen molar-refractivity contribution in [1.82, 2.24) is 9.78 Å². The molecule has 0 radical (unpaired) electrons. The lowest BCUT2D eigenvalue weighted by Gasteiger charge is -2.32. The van der Waals surface area contributed by atoms with Crippen LogP contribution in [-0.4, -0.2) is 28.1 Å². The maximum absolute atomic E-state index is 6.03. The van der Waals surface area contributed by atoms with Crippen LogP contribution in [0.1, 0.15) is 47.0 Å².